The van der Waals surface area contributed by atoms with Crippen LogP contribution in [0.2, 0.25) is 0 Å². The third kappa shape index (κ3) is 4.82. The van der Waals surface area contributed by atoms with E-state index in [9.17, 15) is 9.59 Å². The van der Waals surface area contributed by atoms with Crippen LogP contribution in [-0.4, -0.2) is 81.8 Å². The summed E-state index contributed by atoms with van der Waals surface area (Å²) in [4.78, 5) is 30.0. The van der Waals surface area contributed by atoms with Gasteiger partial charge in [0.25, 0.3) is 0 Å². The number of anilines is 2. The normalized spacial score (nSPS) is 21.2. The Hall–Kier alpha value is -3.60. The highest BCUT2D eigenvalue weighted by atomic mass is 19.1. The minimum Gasteiger partial charge on any atom is -0.355 e. The van der Waals surface area contributed by atoms with Crippen LogP contribution in [0.4, 0.5) is 20.7 Å². The van der Waals surface area contributed by atoms with Gasteiger partial charge in [0.2, 0.25) is 5.91 Å². The average molecular weight is 521 g/mol. The van der Waals surface area contributed by atoms with Crippen molar-refractivity contribution in [2.24, 2.45) is 0 Å². The van der Waals surface area contributed by atoms with E-state index in [1.165, 1.54) is 0 Å². The summed E-state index contributed by atoms with van der Waals surface area (Å²) in [5.41, 5.74) is 1.42. The van der Waals surface area contributed by atoms with E-state index in [4.69, 9.17) is 5.10 Å². The van der Waals surface area contributed by atoms with Crippen LogP contribution < -0.4 is 15.1 Å². The maximum Gasteiger partial charge on any atom is 0.328 e. The molecule has 0 unspecified atom stereocenters. The van der Waals surface area contributed by atoms with Crippen molar-refractivity contribution in [3.8, 4) is 0 Å². The fourth-order valence-corrected chi connectivity index (χ4v) is 5.95. The van der Waals surface area contributed by atoms with Crippen molar-refractivity contribution < 1.29 is 14.0 Å². The lowest BCUT2D eigenvalue weighted by Gasteiger charge is -2.41. The van der Waals surface area contributed by atoms with Crippen molar-refractivity contribution in [3.63, 3.8) is 0 Å². The Morgan fingerprint density at radius 1 is 1.03 bits per heavy atom. The predicted octanol–water partition coefficient (Wildman–Crippen LogP) is 3.23. The van der Waals surface area contributed by atoms with Crippen LogP contribution in [0.15, 0.2) is 36.5 Å². The van der Waals surface area contributed by atoms with Crippen LogP contribution in [-0.2, 0) is 4.79 Å². The molecule has 1 aromatic carbocycles. The summed E-state index contributed by atoms with van der Waals surface area (Å²) in [5.74, 6) is 0.574. The van der Waals surface area contributed by atoms with E-state index in [0.717, 1.165) is 54.0 Å². The van der Waals surface area contributed by atoms with Gasteiger partial charge in [0, 0.05) is 63.9 Å². The Morgan fingerprint density at radius 2 is 1.82 bits per heavy atom. The molecule has 200 valence electrons. The van der Waals surface area contributed by atoms with E-state index in [-0.39, 0.29) is 18.4 Å². The number of amides is 3. The fraction of sp³-hybridized carbons (Fsp3) is 0.519. The van der Waals surface area contributed by atoms with Gasteiger partial charge < -0.3 is 9.80 Å². The van der Waals surface area contributed by atoms with Gasteiger partial charge in [0.05, 0.1) is 29.1 Å². The monoisotopic (exact) mass is 520 g/mol. The number of likely N-dealkylation sites (tertiary alicyclic amines) is 1. The number of carbonyl (C=O) groups is 2. The number of fused-ring (bicyclic) bond motifs is 1. The smallest absolute Gasteiger partial charge is 0.328 e. The van der Waals surface area contributed by atoms with E-state index < -0.39 is 11.7 Å². The SMILES string of the molecule is Cc1ccc(N2CCC(F)(CN3CCC(n4ncc5c(N6CCC(=O)NC6=O)cccc54)CC3)CC2)nn1. The van der Waals surface area contributed by atoms with E-state index in [1.54, 1.807) is 4.90 Å². The molecule has 11 heteroatoms. The van der Waals surface area contributed by atoms with Crippen molar-refractivity contribution in [2.75, 3.05) is 49.1 Å². The van der Waals surface area contributed by atoms with E-state index in [2.05, 4.69) is 30.0 Å². The molecule has 3 aliphatic rings. The zero-order chi connectivity index (χ0) is 26.3. The third-order valence-electron chi connectivity index (χ3n) is 8.14. The molecule has 38 heavy (non-hydrogen) atoms. The molecule has 3 amide bonds. The molecule has 3 aromatic rings. The fourth-order valence-electron chi connectivity index (χ4n) is 5.95. The van der Waals surface area contributed by atoms with Gasteiger partial charge in [-0.15, -0.1) is 5.10 Å². The average Bonchev–Trinajstić information content (AvgIpc) is 3.35. The van der Waals surface area contributed by atoms with Crippen molar-refractivity contribution in [2.45, 2.75) is 50.7 Å². The summed E-state index contributed by atoms with van der Waals surface area (Å²) in [7, 11) is 0. The van der Waals surface area contributed by atoms with Gasteiger partial charge in [-0.25, -0.2) is 9.18 Å². The third-order valence-corrected chi connectivity index (χ3v) is 8.14. The van der Waals surface area contributed by atoms with E-state index in [1.807, 2.05) is 43.5 Å². The van der Waals surface area contributed by atoms with Gasteiger partial charge >= 0.3 is 6.03 Å². The van der Waals surface area contributed by atoms with Crippen LogP contribution in [0.5, 0.6) is 0 Å². The summed E-state index contributed by atoms with van der Waals surface area (Å²) < 4.78 is 17.8. The topological polar surface area (TPSA) is 99.5 Å². The summed E-state index contributed by atoms with van der Waals surface area (Å²) in [6.45, 7) is 5.66. The van der Waals surface area contributed by atoms with E-state index >= 15 is 4.39 Å². The van der Waals surface area contributed by atoms with Crippen LogP contribution in [0, 0.1) is 6.92 Å². The number of nitrogens with zero attached hydrogens (tertiary/aromatic N) is 7. The predicted molar refractivity (Wildman–Crippen MR) is 142 cm³/mol. The lowest BCUT2D eigenvalue weighted by Crippen LogP contribution is -2.50. The number of aromatic nitrogens is 4. The quantitative estimate of drug-likeness (QED) is 0.551. The van der Waals surface area contributed by atoms with Gasteiger partial charge in [-0.05, 0) is 44.0 Å². The van der Waals surface area contributed by atoms with Gasteiger partial charge in [0.15, 0.2) is 5.82 Å². The number of halogens is 1. The molecule has 2 aromatic heterocycles. The molecular formula is C27H33FN8O2. The lowest BCUT2D eigenvalue weighted by atomic mass is 9.91. The van der Waals surface area contributed by atoms with Crippen molar-refractivity contribution in [3.05, 3.63) is 42.2 Å². The molecule has 5 heterocycles. The minimum atomic E-state index is -1.19. The first-order valence-corrected chi connectivity index (χ1v) is 13.4. The van der Waals surface area contributed by atoms with Crippen LogP contribution in [0.25, 0.3) is 10.9 Å². The first kappa shape index (κ1) is 24.7. The number of imide groups is 1. The Balaban J connectivity index is 1.07. The number of aryl methyl sites for hydroxylation is 1. The maximum absolute atomic E-state index is 15.8. The van der Waals surface area contributed by atoms with Gasteiger partial charge in [-0.2, -0.15) is 10.2 Å². The van der Waals surface area contributed by atoms with Gasteiger partial charge in [-0.1, -0.05) is 6.07 Å². The molecule has 6 rings (SSSR count). The molecule has 3 fully saturated rings. The lowest BCUT2D eigenvalue weighted by molar-refractivity contribution is -0.120. The number of rotatable bonds is 5. The van der Waals surface area contributed by atoms with Crippen molar-refractivity contribution >= 4 is 34.3 Å². The maximum atomic E-state index is 15.8. The van der Waals surface area contributed by atoms with Crippen LogP contribution in [0.1, 0.15) is 43.8 Å². The Morgan fingerprint density at radius 3 is 2.53 bits per heavy atom. The molecule has 0 atom stereocenters. The molecule has 3 saturated heterocycles. The molecule has 0 spiro atoms. The number of hydrogen-bond donors (Lipinski definition) is 1. The Labute approximate surface area is 220 Å². The number of piperidine rings is 2. The number of nitrogens with one attached hydrogen (secondary N) is 1. The molecule has 10 nitrogen and oxygen atoms in total. The second-order valence-electron chi connectivity index (χ2n) is 10.7. The Kier molecular flexibility index (Phi) is 6.46. The number of alkyl halides is 1. The van der Waals surface area contributed by atoms with Crippen molar-refractivity contribution in [1.82, 2.24) is 30.2 Å². The zero-order valence-electron chi connectivity index (χ0n) is 21.6. The molecule has 0 radical (unpaired) electrons. The molecular weight excluding hydrogens is 487 g/mol. The minimum absolute atomic E-state index is 0.216. The largest absolute Gasteiger partial charge is 0.355 e. The highest BCUT2D eigenvalue weighted by molar-refractivity contribution is 6.09. The summed E-state index contributed by atoms with van der Waals surface area (Å²) in [6, 6.07) is 9.57. The van der Waals surface area contributed by atoms with Crippen LogP contribution >= 0.6 is 0 Å². The highest BCUT2D eigenvalue weighted by Crippen LogP contribution is 2.34. The molecule has 3 aliphatic heterocycles. The number of hydrogen-bond acceptors (Lipinski definition) is 7. The molecule has 0 saturated carbocycles. The summed E-state index contributed by atoms with van der Waals surface area (Å²) in [6.07, 6.45) is 4.85. The number of urea groups is 1. The molecule has 1 N–H and O–H groups in total. The molecule has 0 aliphatic carbocycles. The van der Waals surface area contributed by atoms with Crippen LogP contribution in [0.3, 0.4) is 0 Å². The second-order valence-corrected chi connectivity index (χ2v) is 10.7. The standard InChI is InChI=1S/C27H33FN8O2/c1-19-5-6-24(32-31-19)34-15-10-27(28,11-16-34)18-33-12-7-20(8-13-33)36-23-4-2-3-22(21(23)17-29-36)35-14-9-25(37)30-26(35)38/h2-6,17,20H,7-16,18H2,1H3,(H,30,37,38). The van der Waals surface area contributed by atoms with Crippen molar-refractivity contribution in [1.29, 1.82) is 0 Å². The van der Waals surface area contributed by atoms with Gasteiger partial charge in [-0.3, -0.25) is 19.7 Å². The first-order valence-electron chi connectivity index (χ1n) is 13.4. The zero-order valence-corrected chi connectivity index (χ0v) is 21.6. The Bertz CT molecular complexity index is 1330. The first-order chi connectivity index (χ1) is 18.4. The number of carbonyl (C=O) groups excluding carboxylic acids is 2. The van der Waals surface area contributed by atoms with E-state index in [0.29, 0.717) is 39.0 Å². The summed E-state index contributed by atoms with van der Waals surface area (Å²) in [5, 5.41) is 16.4. The molecule has 0 bridgehead atoms. The highest BCUT2D eigenvalue weighted by Gasteiger charge is 2.38. The van der Waals surface area contributed by atoms with Gasteiger partial charge in [0.1, 0.15) is 5.67 Å². The number of benzene rings is 1. The summed E-state index contributed by atoms with van der Waals surface area (Å²) >= 11 is 0. The second kappa shape index (κ2) is 9.94.